The summed E-state index contributed by atoms with van der Waals surface area (Å²) in [5.74, 6) is 5.19. The van der Waals surface area contributed by atoms with Crippen LogP contribution in [0.4, 0.5) is 5.13 Å². The van der Waals surface area contributed by atoms with Crippen LogP contribution >= 0.6 is 22.7 Å². The van der Waals surface area contributed by atoms with Gasteiger partial charge in [0.05, 0.1) is 5.69 Å². The predicted molar refractivity (Wildman–Crippen MR) is 88.7 cm³/mol. The van der Waals surface area contributed by atoms with Crippen LogP contribution in [0.5, 0.6) is 0 Å². The molecule has 0 spiro atoms. The molecule has 0 aromatic carbocycles. The Morgan fingerprint density at radius 3 is 2.76 bits per heavy atom. The highest BCUT2D eigenvalue weighted by Crippen LogP contribution is 2.21. The monoisotopic (exact) mass is 324 g/mol. The van der Waals surface area contributed by atoms with Crippen molar-refractivity contribution >= 4 is 33.7 Å². The fraction of sp³-hybridized carbons (Fsp3) is 0.429. The number of hydrogen-bond donors (Lipinski definition) is 3. The van der Waals surface area contributed by atoms with E-state index in [1.807, 2.05) is 16.7 Å². The van der Waals surface area contributed by atoms with Gasteiger partial charge in [0.25, 0.3) is 0 Å². The summed E-state index contributed by atoms with van der Waals surface area (Å²) in [6, 6.07) is 4.39. The minimum Gasteiger partial charge on any atom is -0.302 e. The fourth-order valence-electron chi connectivity index (χ4n) is 1.94. The van der Waals surface area contributed by atoms with Crippen molar-refractivity contribution in [3.63, 3.8) is 0 Å². The Kier molecular flexibility index (Phi) is 6.31. The molecule has 7 heteroatoms. The molecule has 0 unspecified atom stereocenters. The minimum absolute atomic E-state index is 0.0780. The zero-order valence-electron chi connectivity index (χ0n) is 12.0. The molecule has 0 aliphatic rings. The Bertz CT molecular complexity index is 579. The highest BCUT2D eigenvalue weighted by molar-refractivity contribution is 7.14. The molecule has 0 bridgehead atoms. The lowest BCUT2D eigenvalue weighted by Crippen LogP contribution is -2.23. The molecule has 21 heavy (non-hydrogen) atoms. The van der Waals surface area contributed by atoms with Crippen LogP contribution < -0.4 is 16.6 Å². The summed E-state index contributed by atoms with van der Waals surface area (Å²) in [5, 5.41) is 5.40. The zero-order chi connectivity index (χ0) is 15.1. The molecule has 2 rings (SSSR count). The second-order valence-electron chi connectivity index (χ2n) is 4.75. The van der Waals surface area contributed by atoms with Crippen LogP contribution in [0.1, 0.15) is 28.8 Å². The second kappa shape index (κ2) is 8.23. The topological polar surface area (TPSA) is 80.0 Å². The van der Waals surface area contributed by atoms with E-state index in [4.69, 9.17) is 5.84 Å². The van der Waals surface area contributed by atoms with E-state index in [0.29, 0.717) is 5.13 Å². The van der Waals surface area contributed by atoms with Crippen LogP contribution in [0.3, 0.4) is 0 Å². The van der Waals surface area contributed by atoms with E-state index in [9.17, 15) is 4.79 Å². The maximum absolute atomic E-state index is 11.0. The second-order valence-corrected chi connectivity index (χ2v) is 6.86. The maximum Gasteiger partial charge on any atom is 0.223 e. The zero-order valence-corrected chi connectivity index (χ0v) is 13.6. The van der Waals surface area contributed by atoms with Crippen molar-refractivity contribution in [2.45, 2.75) is 32.6 Å². The number of thiophene rings is 1. The number of anilines is 1. The van der Waals surface area contributed by atoms with Crippen molar-refractivity contribution in [3.8, 4) is 0 Å². The van der Waals surface area contributed by atoms with Crippen LogP contribution in [-0.2, 0) is 24.1 Å². The van der Waals surface area contributed by atoms with Crippen molar-refractivity contribution in [3.05, 3.63) is 33.0 Å². The van der Waals surface area contributed by atoms with E-state index in [1.54, 1.807) is 0 Å². The summed E-state index contributed by atoms with van der Waals surface area (Å²) in [5.41, 5.74) is 3.71. The number of hydrazine groups is 1. The number of thiazole rings is 1. The van der Waals surface area contributed by atoms with E-state index in [1.165, 1.54) is 28.0 Å². The van der Waals surface area contributed by atoms with Crippen molar-refractivity contribution in [1.82, 2.24) is 10.4 Å². The maximum atomic E-state index is 11.0. The van der Waals surface area contributed by atoms with E-state index in [2.05, 4.69) is 27.9 Å². The van der Waals surface area contributed by atoms with Gasteiger partial charge >= 0.3 is 0 Å². The summed E-state index contributed by atoms with van der Waals surface area (Å²) >= 11 is 3.33. The van der Waals surface area contributed by atoms with Gasteiger partial charge in [-0.05, 0) is 37.8 Å². The first-order valence-electron chi connectivity index (χ1n) is 6.90. The van der Waals surface area contributed by atoms with Gasteiger partial charge in [0, 0.05) is 28.6 Å². The summed E-state index contributed by atoms with van der Waals surface area (Å²) < 4.78 is 0. The van der Waals surface area contributed by atoms with E-state index >= 15 is 0 Å². The lowest BCUT2D eigenvalue weighted by Gasteiger charge is -1.97. The average Bonchev–Trinajstić information content (AvgIpc) is 3.05. The van der Waals surface area contributed by atoms with E-state index in [-0.39, 0.29) is 5.91 Å². The molecule has 4 N–H and O–H groups in total. The minimum atomic E-state index is -0.0780. The smallest absolute Gasteiger partial charge is 0.223 e. The van der Waals surface area contributed by atoms with Gasteiger partial charge in [0.15, 0.2) is 5.13 Å². The van der Waals surface area contributed by atoms with Crippen molar-refractivity contribution in [2.24, 2.45) is 5.84 Å². The Labute approximate surface area is 132 Å². The van der Waals surface area contributed by atoms with Crippen LogP contribution in [0.15, 0.2) is 17.5 Å². The summed E-state index contributed by atoms with van der Waals surface area (Å²) in [7, 11) is 0. The molecule has 2 aromatic heterocycles. The molecule has 5 nitrogen and oxygen atoms in total. The molecule has 0 aliphatic carbocycles. The first-order chi connectivity index (χ1) is 10.2. The first-order valence-corrected chi connectivity index (χ1v) is 8.60. The number of rotatable bonds is 8. The van der Waals surface area contributed by atoms with Gasteiger partial charge < -0.3 is 5.32 Å². The number of carbonyl (C=O) groups is 1. The number of aromatic nitrogens is 1. The van der Waals surface area contributed by atoms with E-state index in [0.717, 1.165) is 37.9 Å². The van der Waals surface area contributed by atoms with Crippen molar-refractivity contribution in [1.29, 1.82) is 0 Å². The molecule has 114 valence electrons. The number of amides is 1. The molecular formula is C14H20N4OS2. The number of nitrogens with two attached hydrogens (primary N) is 1. The number of nitrogens with one attached hydrogen (secondary N) is 2. The number of hydrogen-bond acceptors (Lipinski definition) is 6. The fourth-order valence-corrected chi connectivity index (χ4v) is 3.79. The Balaban J connectivity index is 1.80. The molecule has 0 saturated heterocycles. The predicted octanol–water partition coefficient (Wildman–Crippen LogP) is 2.34. The molecule has 0 aliphatic heterocycles. The summed E-state index contributed by atoms with van der Waals surface area (Å²) in [4.78, 5) is 18.1. The third-order valence-electron chi connectivity index (χ3n) is 2.92. The van der Waals surface area contributed by atoms with Crippen LogP contribution in [-0.4, -0.2) is 17.4 Å². The lowest BCUT2D eigenvalue weighted by molar-refractivity contribution is -0.114. The number of carbonyl (C=O) groups excluding carboxylic acids is 1. The Morgan fingerprint density at radius 2 is 2.05 bits per heavy atom. The van der Waals surface area contributed by atoms with E-state index < -0.39 is 0 Å². The molecule has 0 atom stereocenters. The van der Waals surface area contributed by atoms with Crippen molar-refractivity contribution < 1.29 is 4.79 Å². The van der Waals surface area contributed by atoms with Gasteiger partial charge in [-0.2, -0.15) is 0 Å². The normalized spacial score (nSPS) is 10.8. The standard InChI is InChI=1S/C14H20N4OS2/c1-10(19)17-14-18-11(9-20-14)4-5-13-7-6-12(21-13)3-2-8-16-15/h6-7,9,16H,2-5,8,15H2,1H3,(H,17,18,19). The van der Waals surface area contributed by atoms with Gasteiger partial charge in [-0.3, -0.25) is 16.1 Å². The molecule has 0 radical (unpaired) electrons. The summed E-state index contributed by atoms with van der Waals surface area (Å²) in [6.07, 6.45) is 4.02. The van der Waals surface area contributed by atoms with Crippen LogP contribution in [0.25, 0.3) is 0 Å². The highest BCUT2D eigenvalue weighted by Gasteiger charge is 2.05. The van der Waals surface area contributed by atoms with Crippen LogP contribution in [0, 0.1) is 0 Å². The third-order valence-corrected chi connectivity index (χ3v) is 4.94. The number of nitrogens with zero attached hydrogens (tertiary/aromatic N) is 1. The molecular weight excluding hydrogens is 304 g/mol. The molecule has 2 aromatic rings. The first kappa shape index (κ1) is 16.1. The van der Waals surface area contributed by atoms with Gasteiger partial charge in [0.2, 0.25) is 5.91 Å². The van der Waals surface area contributed by atoms with Gasteiger partial charge in [-0.15, -0.1) is 22.7 Å². The van der Waals surface area contributed by atoms with Gasteiger partial charge in [-0.1, -0.05) is 0 Å². The molecule has 1 amide bonds. The van der Waals surface area contributed by atoms with Gasteiger partial charge in [0.1, 0.15) is 0 Å². The SMILES string of the molecule is CC(=O)Nc1nc(CCc2ccc(CCCNN)s2)cs1. The molecule has 0 fully saturated rings. The largest absolute Gasteiger partial charge is 0.302 e. The highest BCUT2D eigenvalue weighted by atomic mass is 32.1. The molecule has 2 heterocycles. The Morgan fingerprint density at radius 1 is 1.29 bits per heavy atom. The Hall–Kier alpha value is -1.28. The summed E-state index contributed by atoms with van der Waals surface area (Å²) in [6.45, 7) is 2.34. The lowest BCUT2D eigenvalue weighted by atomic mass is 10.2. The quantitative estimate of drug-likeness (QED) is 0.395. The average molecular weight is 324 g/mol. The van der Waals surface area contributed by atoms with Crippen LogP contribution in [0.2, 0.25) is 0 Å². The number of aryl methyl sites for hydroxylation is 3. The molecule has 0 saturated carbocycles. The third kappa shape index (κ3) is 5.55. The van der Waals surface area contributed by atoms with Gasteiger partial charge in [-0.25, -0.2) is 4.98 Å². The van der Waals surface area contributed by atoms with Crippen molar-refractivity contribution in [2.75, 3.05) is 11.9 Å².